The summed E-state index contributed by atoms with van der Waals surface area (Å²) in [5.41, 5.74) is 4.59. The Hall–Kier alpha value is -2.42. The van der Waals surface area contributed by atoms with Gasteiger partial charge in [0.25, 0.3) is 5.92 Å². The Kier molecular flexibility index (Phi) is 5.57. The Bertz CT molecular complexity index is 880. The number of Topliss-reactive ketones (excluding diaryl/α,β-unsaturated/α-hetero) is 2. The van der Waals surface area contributed by atoms with E-state index < -0.39 is 30.0 Å². The van der Waals surface area contributed by atoms with Crippen molar-refractivity contribution in [2.24, 2.45) is 11.1 Å². The molecule has 0 radical (unpaired) electrons. The summed E-state index contributed by atoms with van der Waals surface area (Å²) in [7, 11) is 0. The highest BCUT2D eigenvalue weighted by molar-refractivity contribution is 6.18. The Labute approximate surface area is 174 Å². The summed E-state index contributed by atoms with van der Waals surface area (Å²) in [6, 6.07) is 1.53. The normalized spacial score (nSPS) is 29.1. The summed E-state index contributed by atoms with van der Waals surface area (Å²) < 4.78 is 29.4. The monoisotopic (exact) mass is 419 g/mol. The quantitative estimate of drug-likeness (QED) is 0.559. The van der Waals surface area contributed by atoms with Crippen LogP contribution in [0, 0.1) is 5.41 Å². The molecule has 9 heteroatoms. The summed E-state index contributed by atoms with van der Waals surface area (Å²) in [6.07, 6.45) is 2.51. The van der Waals surface area contributed by atoms with Crippen molar-refractivity contribution in [1.82, 2.24) is 15.3 Å². The lowest BCUT2D eigenvalue weighted by Crippen LogP contribution is -2.51. The molecule has 0 aromatic carbocycles. The summed E-state index contributed by atoms with van der Waals surface area (Å²) in [5.74, 6) is -3.63. The summed E-state index contributed by atoms with van der Waals surface area (Å²) in [5, 5.41) is 3.30. The number of nitrogens with two attached hydrogens (primary N) is 1. The highest BCUT2D eigenvalue weighted by Gasteiger charge is 2.58. The Morgan fingerprint density at radius 2 is 2.00 bits per heavy atom. The van der Waals surface area contributed by atoms with E-state index in [1.54, 1.807) is 0 Å². The topological polar surface area (TPSA) is 101 Å². The fourth-order valence-electron chi connectivity index (χ4n) is 4.80. The fourth-order valence-corrected chi connectivity index (χ4v) is 4.80. The maximum Gasteiger partial charge on any atom is 0.253 e. The van der Waals surface area contributed by atoms with Crippen LogP contribution in [0.5, 0.6) is 0 Å². The fraction of sp³-hybridized carbons (Fsp3) is 0.619. The number of rotatable bonds is 2. The molecule has 1 saturated heterocycles. The standard InChI is InChI=1S/C21H27F2N5O2/c22-21(23)12-14(18(30)20(13-21)6-2-1-4-16(20)29)17(24)15-5-8-26-19(27-15)28-10-3-7-25-9-11-28/h5,8,25H,1-4,6-7,9-13,24H2/b17-14-. The largest absolute Gasteiger partial charge is 0.397 e. The SMILES string of the molecule is N/C(=C1/CC(F)(F)CC2(CCCCC2=O)C1=O)c1ccnc(N2CCCNCC2)n1. The van der Waals surface area contributed by atoms with Gasteiger partial charge in [-0.25, -0.2) is 18.7 Å². The Morgan fingerprint density at radius 3 is 2.80 bits per heavy atom. The van der Waals surface area contributed by atoms with Gasteiger partial charge in [0.15, 0.2) is 5.78 Å². The minimum Gasteiger partial charge on any atom is -0.397 e. The number of nitrogens with zero attached hydrogens (tertiary/aromatic N) is 3. The van der Waals surface area contributed by atoms with E-state index in [1.165, 1.54) is 12.3 Å². The summed E-state index contributed by atoms with van der Waals surface area (Å²) in [6.45, 7) is 3.18. The van der Waals surface area contributed by atoms with Crippen molar-refractivity contribution in [3.05, 3.63) is 23.5 Å². The van der Waals surface area contributed by atoms with E-state index in [0.717, 1.165) is 26.1 Å². The molecule has 3 fully saturated rings. The van der Waals surface area contributed by atoms with Gasteiger partial charge >= 0.3 is 0 Å². The van der Waals surface area contributed by atoms with Crippen LogP contribution in [-0.4, -0.2) is 53.6 Å². The second-order valence-corrected chi connectivity index (χ2v) is 8.48. The van der Waals surface area contributed by atoms with E-state index in [4.69, 9.17) is 5.73 Å². The van der Waals surface area contributed by atoms with E-state index in [1.807, 2.05) is 4.90 Å². The van der Waals surface area contributed by atoms with E-state index in [2.05, 4.69) is 15.3 Å². The smallest absolute Gasteiger partial charge is 0.253 e. The van der Waals surface area contributed by atoms with Crippen LogP contribution in [0.4, 0.5) is 14.7 Å². The molecule has 1 aromatic rings. The van der Waals surface area contributed by atoms with Gasteiger partial charge in [0, 0.05) is 50.7 Å². The van der Waals surface area contributed by atoms with Crippen LogP contribution in [0.3, 0.4) is 0 Å². The molecule has 3 aliphatic rings. The van der Waals surface area contributed by atoms with Crippen LogP contribution in [-0.2, 0) is 9.59 Å². The number of carbonyl (C=O) groups is 2. The molecule has 30 heavy (non-hydrogen) atoms. The van der Waals surface area contributed by atoms with Crippen molar-refractivity contribution in [3.63, 3.8) is 0 Å². The van der Waals surface area contributed by atoms with E-state index >= 15 is 0 Å². The minimum atomic E-state index is -3.16. The molecule has 7 nitrogen and oxygen atoms in total. The van der Waals surface area contributed by atoms with Crippen molar-refractivity contribution in [2.75, 3.05) is 31.1 Å². The first kappa shape index (κ1) is 20.8. The minimum absolute atomic E-state index is 0.0753. The van der Waals surface area contributed by atoms with Crippen molar-refractivity contribution < 1.29 is 18.4 Å². The molecule has 2 aliphatic carbocycles. The average Bonchev–Trinajstić information content (AvgIpc) is 3.02. The molecule has 0 bridgehead atoms. The number of aromatic nitrogens is 2. The van der Waals surface area contributed by atoms with Gasteiger partial charge in [-0.15, -0.1) is 0 Å². The second-order valence-electron chi connectivity index (χ2n) is 8.48. The summed E-state index contributed by atoms with van der Waals surface area (Å²) >= 11 is 0. The van der Waals surface area contributed by atoms with Gasteiger partial charge in [-0.05, 0) is 31.9 Å². The second kappa shape index (κ2) is 8.02. The van der Waals surface area contributed by atoms with Crippen LogP contribution < -0.4 is 16.0 Å². The van der Waals surface area contributed by atoms with Crippen molar-refractivity contribution in [2.45, 2.75) is 50.9 Å². The molecule has 1 unspecified atom stereocenters. The maximum absolute atomic E-state index is 14.7. The molecule has 2 heterocycles. The molecular weight excluding hydrogens is 392 g/mol. The zero-order valence-electron chi connectivity index (χ0n) is 16.9. The number of halogens is 2. The maximum atomic E-state index is 14.7. The highest BCUT2D eigenvalue weighted by Crippen LogP contribution is 2.51. The number of nitrogens with one attached hydrogen (secondary N) is 1. The number of hydrogen-bond donors (Lipinski definition) is 2. The van der Waals surface area contributed by atoms with Gasteiger partial charge in [-0.1, -0.05) is 6.42 Å². The average molecular weight is 419 g/mol. The van der Waals surface area contributed by atoms with Gasteiger partial charge in [-0.3, -0.25) is 9.59 Å². The third-order valence-corrected chi connectivity index (χ3v) is 6.36. The Balaban J connectivity index is 1.71. The molecule has 1 aromatic heterocycles. The van der Waals surface area contributed by atoms with Crippen molar-refractivity contribution in [3.8, 4) is 0 Å². The van der Waals surface area contributed by atoms with Crippen molar-refractivity contribution in [1.29, 1.82) is 0 Å². The lowest BCUT2D eigenvalue weighted by atomic mass is 9.61. The van der Waals surface area contributed by atoms with Gasteiger partial charge in [0.05, 0.1) is 16.8 Å². The first-order valence-corrected chi connectivity index (χ1v) is 10.6. The number of carbonyl (C=O) groups excluding carboxylic acids is 2. The first-order valence-electron chi connectivity index (χ1n) is 10.6. The molecular formula is C21H27F2N5O2. The van der Waals surface area contributed by atoms with Crippen LogP contribution in [0.1, 0.15) is 50.6 Å². The van der Waals surface area contributed by atoms with Gasteiger partial charge in [0.2, 0.25) is 5.95 Å². The van der Waals surface area contributed by atoms with Crippen LogP contribution >= 0.6 is 0 Å². The van der Waals surface area contributed by atoms with Crippen LogP contribution in [0.15, 0.2) is 17.8 Å². The molecule has 1 aliphatic heterocycles. The highest BCUT2D eigenvalue weighted by atomic mass is 19.3. The number of hydrogen-bond acceptors (Lipinski definition) is 7. The molecule has 1 atom stereocenters. The molecule has 3 N–H and O–H groups in total. The van der Waals surface area contributed by atoms with Crippen molar-refractivity contribution >= 4 is 23.2 Å². The molecule has 0 amide bonds. The zero-order chi connectivity index (χ0) is 21.4. The molecule has 2 saturated carbocycles. The predicted molar refractivity (Wildman–Crippen MR) is 108 cm³/mol. The Morgan fingerprint density at radius 1 is 1.17 bits per heavy atom. The summed E-state index contributed by atoms with van der Waals surface area (Å²) in [4.78, 5) is 36.7. The number of allylic oxidation sites excluding steroid dienone is 1. The van der Waals surface area contributed by atoms with Gasteiger partial charge in [-0.2, -0.15) is 0 Å². The molecule has 162 valence electrons. The first-order chi connectivity index (χ1) is 14.3. The van der Waals surface area contributed by atoms with Crippen LogP contribution in [0.25, 0.3) is 5.70 Å². The van der Waals surface area contributed by atoms with E-state index in [-0.39, 0.29) is 35.6 Å². The van der Waals surface area contributed by atoms with Crippen LogP contribution in [0.2, 0.25) is 0 Å². The number of anilines is 1. The van der Waals surface area contributed by atoms with E-state index in [9.17, 15) is 18.4 Å². The third-order valence-electron chi connectivity index (χ3n) is 6.36. The van der Waals surface area contributed by atoms with E-state index in [0.29, 0.717) is 25.3 Å². The lowest BCUT2D eigenvalue weighted by molar-refractivity contribution is -0.154. The van der Waals surface area contributed by atoms with Gasteiger partial charge in [0.1, 0.15) is 5.78 Å². The third kappa shape index (κ3) is 3.82. The number of ketones is 2. The zero-order valence-corrected chi connectivity index (χ0v) is 16.9. The van der Waals surface area contributed by atoms with Gasteiger partial charge < -0.3 is 16.0 Å². The molecule has 4 rings (SSSR count). The lowest BCUT2D eigenvalue weighted by Gasteiger charge is -2.41. The predicted octanol–water partition coefficient (Wildman–Crippen LogP) is 2.07. The number of alkyl halides is 2. The molecule has 1 spiro atoms.